The topological polar surface area (TPSA) is 39.7 Å². The molecule has 0 aromatic heterocycles. The predicted octanol–water partition coefficient (Wildman–Crippen LogP) is 1.15. The number of piperidine rings is 1. The van der Waals surface area contributed by atoms with E-state index in [1.165, 1.54) is 0 Å². The second-order valence-corrected chi connectivity index (χ2v) is 3.62. The summed E-state index contributed by atoms with van der Waals surface area (Å²) >= 11 is 0. The summed E-state index contributed by atoms with van der Waals surface area (Å²) in [5.74, 6) is 0. The SMILES string of the molecule is CCOC(COC1CCNCC1)OCC. The van der Waals surface area contributed by atoms with Crippen LogP contribution >= 0.6 is 0 Å². The average molecular weight is 217 g/mol. The van der Waals surface area contributed by atoms with E-state index in [2.05, 4.69) is 5.32 Å². The molecule has 0 aromatic rings. The summed E-state index contributed by atoms with van der Waals surface area (Å²) in [5.41, 5.74) is 0. The largest absolute Gasteiger partial charge is 0.373 e. The van der Waals surface area contributed by atoms with Gasteiger partial charge in [0.2, 0.25) is 0 Å². The van der Waals surface area contributed by atoms with Crippen LogP contribution in [0.3, 0.4) is 0 Å². The van der Waals surface area contributed by atoms with Gasteiger partial charge in [-0.2, -0.15) is 0 Å². The van der Waals surface area contributed by atoms with E-state index in [-0.39, 0.29) is 6.29 Å². The van der Waals surface area contributed by atoms with Crippen molar-refractivity contribution in [3.05, 3.63) is 0 Å². The summed E-state index contributed by atoms with van der Waals surface area (Å²) < 4.78 is 16.6. The molecule has 0 amide bonds. The molecule has 0 unspecified atom stereocenters. The molecule has 0 atom stereocenters. The second-order valence-electron chi connectivity index (χ2n) is 3.62. The first-order valence-electron chi connectivity index (χ1n) is 5.92. The van der Waals surface area contributed by atoms with Crippen molar-refractivity contribution in [3.8, 4) is 0 Å². The van der Waals surface area contributed by atoms with Crippen LogP contribution in [0.25, 0.3) is 0 Å². The van der Waals surface area contributed by atoms with Crippen LogP contribution in [0.15, 0.2) is 0 Å². The Morgan fingerprint density at radius 1 is 1.13 bits per heavy atom. The molecule has 1 saturated heterocycles. The fourth-order valence-electron chi connectivity index (χ4n) is 1.69. The van der Waals surface area contributed by atoms with Gasteiger partial charge in [-0.25, -0.2) is 0 Å². The smallest absolute Gasteiger partial charge is 0.180 e. The van der Waals surface area contributed by atoms with Crippen molar-refractivity contribution in [3.63, 3.8) is 0 Å². The molecule has 4 heteroatoms. The maximum atomic E-state index is 5.76. The van der Waals surface area contributed by atoms with Crippen LogP contribution in [-0.2, 0) is 14.2 Å². The lowest BCUT2D eigenvalue weighted by molar-refractivity contribution is -0.177. The number of hydrogen-bond acceptors (Lipinski definition) is 4. The Morgan fingerprint density at radius 2 is 1.73 bits per heavy atom. The van der Waals surface area contributed by atoms with Crippen LogP contribution < -0.4 is 5.32 Å². The molecule has 1 aliphatic heterocycles. The summed E-state index contributed by atoms with van der Waals surface area (Å²) in [6, 6.07) is 0. The predicted molar refractivity (Wildman–Crippen MR) is 58.9 cm³/mol. The van der Waals surface area contributed by atoms with E-state index in [4.69, 9.17) is 14.2 Å². The molecular weight excluding hydrogens is 194 g/mol. The fraction of sp³-hybridized carbons (Fsp3) is 1.00. The Kier molecular flexibility index (Phi) is 6.92. The van der Waals surface area contributed by atoms with Crippen molar-refractivity contribution in [1.82, 2.24) is 5.32 Å². The highest BCUT2D eigenvalue weighted by Crippen LogP contribution is 2.08. The van der Waals surface area contributed by atoms with Gasteiger partial charge in [-0.1, -0.05) is 0 Å². The van der Waals surface area contributed by atoms with Crippen molar-refractivity contribution in [1.29, 1.82) is 0 Å². The highest BCUT2D eigenvalue weighted by molar-refractivity contribution is 4.68. The Morgan fingerprint density at radius 3 is 2.27 bits per heavy atom. The van der Waals surface area contributed by atoms with Crippen molar-refractivity contribution in [2.75, 3.05) is 32.9 Å². The zero-order valence-corrected chi connectivity index (χ0v) is 9.83. The minimum atomic E-state index is -0.199. The third kappa shape index (κ3) is 5.47. The molecule has 0 aliphatic carbocycles. The van der Waals surface area contributed by atoms with Crippen LogP contribution in [0.4, 0.5) is 0 Å². The van der Waals surface area contributed by atoms with Crippen molar-refractivity contribution in [2.45, 2.75) is 39.1 Å². The molecule has 90 valence electrons. The van der Waals surface area contributed by atoms with Gasteiger partial charge in [0.05, 0.1) is 12.7 Å². The average Bonchev–Trinajstić information content (AvgIpc) is 2.28. The van der Waals surface area contributed by atoms with E-state index in [0.29, 0.717) is 25.9 Å². The lowest BCUT2D eigenvalue weighted by atomic mass is 10.1. The van der Waals surface area contributed by atoms with Crippen molar-refractivity contribution >= 4 is 0 Å². The number of nitrogens with one attached hydrogen (secondary N) is 1. The zero-order chi connectivity index (χ0) is 10.9. The molecular formula is C11H23NO3. The molecule has 0 radical (unpaired) electrons. The van der Waals surface area contributed by atoms with Gasteiger partial charge in [-0.05, 0) is 39.8 Å². The highest BCUT2D eigenvalue weighted by Gasteiger charge is 2.16. The fourth-order valence-corrected chi connectivity index (χ4v) is 1.69. The lowest BCUT2D eigenvalue weighted by Crippen LogP contribution is -2.35. The molecule has 0 aromatic carbocycles. The Balaban J connectivity index is 2.13. The van der Waals surface area contributed by atoms with Gasteiger partial charge in [-0.15, -0.1) is 0 Å². The Labute approximate surface area is 92.3 Å². The number of hydrogen-bond donors (Lipinski definition) is 1. The molecule has 1 heterocycles. The van der Waals surface area contributed by atoms with E-state index in [9.17, 15) is 0 Å². The van der Waals surface area contributed by atoms with E-state index >= 15 is 0 Å². The van der Waals surface area contributed by atoms with Gasteiger partial charge in [0.15, 0.2) is 6.29 Å². The second kappa shape index (κ2) is 8.05. The normalized spacial score (nSPS) is 18.6. The van der Waals surface area contributed by atoms with E-state index in [1.807, 2.05) is 13.8 Å². The van der Waals surface area contributed by atoms with Crippen LogP contribution in [0.2, 0.25) is 0 Å². The third-order valence-corrected chi connectivity index (χ3v) is 2.46. The maximum absolute atomic E-state index is 5.76. The minimum absolute atomic E-state index is 0.199. The monoisotopic (exact) mass is 217 g/mol. The molecule has 0 saturated carbocycles. The molecule has 15 heavy (non-hydrogen) atoms. The molecule has 0 spiro atoms. The van der Waals surface area contributed by atoms with Crippen molar-refractivity contribution in [2.24, 2.45) is 0 Å². The lowest BCUT2D eigenvalue weighted by Gasteiger charge is -2.25. The Bertz CT molecular complexity index is 143. The summed E-state index contributed by atoms with van der Waals surface area (Å²) in [7, 11) is 0. The standard InChI is InChI=1S/C11H23NO3/c1-3-13-11(14-4-2)9-15-10-5-7-12-8-6-10/h10-12H,3-9H2,1-2H3. The molecule has 1 rings (SSSR count). The molecule has 4 nitrogen and oxygen atoms in total. The third-order valence-electron chi connectivity index (χ3n) is 2.46. The van der Waals surface area contributed by atoms with E-state index < -0.39 is 0 Å². The van der Waals surface area contributed by atoms with Gasteiger partial charge < -0.3 is 19.5 Å². The van der Waals surface area contributed by atoms with Gasteiger partial charge in [0.25, 0.3) is 0 Å². The zero-order valence-electron chi connectivity index (χ0n) is 9.83. The molecule has 1 aliphatic rings. The van der Waals surface area contributed by atoms with Crippen LogP contribution in [0.5, 0.6) is 0 Å². The van der Waals surface area contributed by atoms with Gasteiger partial charge >= 0.3 is 0 Å². The summed E-state index contributed by atoms with van der Waals surface area (Å²) in [4.78, 5) is 0. The number of rotatable bonds is 7. The summed E-state index contributed by atoms with van der Waals surface area (Å²) in [6.45, 7) is 7.93. The minimum Gasteiger partial charge on any atom is -0.373 e. The van der Waals surface area contributed by atoms with Crippen molar-refractivity contribution < 1.29 is 14.2 Å². The first-order valence-corrected chi connectivity index (χ1v) is 5.92. The summed E-state index contributed by atoms with van der Waals surface area (Å²) in [6.07, 6.45) is 2.35. The quantitative estimate of drug-likeness (QED) is 0.649. The van der Waals surface area contributed by atoms with Crippen LogP contribution in [-0.4, -0.2) is 45.3 Å². The maximum Gasteiger partial charge on any atom is 0.180 e. The molecule has 1 N–H and O–H groups in total. The first kappa shape index (κ1) is 12.9. The first-order chi connectivity index (χ1) is 7.36. The van der Waals surface area contributed by atoms with Gasteiger partial charge in [0.1, 0.15) is 0 Å². The summed E-state index contributed by atoms with van der Waals surface area (Å²) in [5, 5.41) is 3.31. The molecule has 0 bridgehead atoms. The van der Waals surface area contributed by atoms with Gasteiger partial charge in [0, 0.05) is 13.2 Å². The highest BCUT2D eigenvalue weighted by atomic mass is 16.7. The van der Waals surface area contributed by atoms with Gasteiger partial charge in [-0.3, -0.25) is 0 Å². The Hall–Kier alpha value is -0.160. The molecule has 1 fully saturated rings. The van der Waals surface area contributed by atoms with Crippen LogP contribution in [0.1, 0.15) is 26.7 Å². The number of ether oxygens (including phenoxy) is 3. The van der Waals surface area contributed by atoms with E-state index in [0.717, 1.165) is 25.9 Å². The van der Waals surface area contributed by atoms with Crippen LogP contribution in [0, 0.1) is 0 Å². The van der Waals surface area contributed by atoms with E-state index in [1.54, 1.807) is 0 Å².